The predicted molar refractivity (Wildman–Crippen MR) is 76.6 cm³/mol. The summed E-state index contributed by atoms with van der Waals surface area (Å²) in [5.74, 6) is -1.90. The Morgan fingerprint density at radius 2 is 2.18 bits per heavy atom. The maximum atomic E-state index is 13.2. The second-order valence-electron chi connectivity index (χ2n) is 5.38. The van der Waals surface area contributed by atoms with Gasteiger partial charge in [0.1, 0.15) is 17.6 Å². The van der Waals surface area contributed by atoms with Gasteiger partial charge in [-0.05, 0) is 37.0 Å². The van der Waals surface area contributed by atoms with E-state index >= 15 is 0 Å². The number of carbonyl (C=O) groups is 3. The van der Waals surface area contributed by atoms with Crippen molar-refractivity contribution in [2.45, 2.75) is 31.7 Å². The van der Waals surface area contributed by atoms with Crippen LogP contribution in [-0.4, -0.2) is 30.8 Å². The molecule has 5 nitrogen and oxygen atoms in total. The van der Waals surface area contributed by atoms with Crippen molar-refractivity contribution >= 4 is 17.7 Å². The minimum atomic E-state index is -0.898. The first-order chi connectivity index (χ1) is 10.5. The average Bonchev–Trinajstić information content (AvgIpc) is 2.51. The van der Waals surface area contributed by atoms with Crippen molar-refractivity contribution in [1.82, 2.24) is 5.32 Å². The lowest BCUT2D eigenvalue weighted by atomic mass is 9.83. The van der Waals surface area contributed by atoms with Gasteiger partial charge in [0.05, 0.1) is 7.11 Å². The number of ether oxygens (including phenoxy) is 1. The molecule has 0 unspecified atom stereocenters. The van der Waals surface area contributed by atoms with Gasteiger partial charge in [0, 0.05) is 18.4 Å². The van der Waals surface area contributed by atoms with Gasteiger partial charge < -0.3 is 10.1 Å². The monoisotopic (exact) mass is 307 g/mol. The topological polar surface area (TPSA) is 72.5 Å². The van der Waals surface area contributed by atoms with Crippen LogP contribution in [0.15, 0.2) is 24.3 Å². The van der Waals surface area contributed by atoms with E-state index in [2.05, 4.69) is 5.32 Å². The summed E-state index contributed by atoms with van der Waals surface area (Å²) in [5.41, 5.74) is 0.121. The number of nitrogens with one attached hydrogen (secondary N) is 1. The summed E-state index contributed by atoms with van der Waals surface area (Å²) in [4.78, 5) is 35.7. The van der Waals surface area contributed by atoms with Crippen molar-refractivity contribution in [3.63, 3.8) is 0 Å². The van der Waals surface area contributed by atoms with Gasteiger partial charge in [0.15, 0.2) is 0 Å². The van der Waals surface area contributed by atoms with Crippen molar-refractivity contribution in [2.75, 3.05) is 7.11 Å². The highest BCUT2D eigenvalue weighted by molar-refractivity contribution is 5.97. The van der Waals surface area contributed by atoms with Crippen molar-refractivity contribution < 1.29 is 23.5 Å². The fourth-order valence-corrected chi connectivity index (χ4v) is 2.69. The first-order valence-corrected chi connectivity index (χ1v) is 7.17. The minimum Gasteiger partial charge on any atom is -0.467 e. The second-order valence-corrected chi connectivity index (χ2v) is 5.38. The molecule has 0 spiro atoms. The summed E-state index contributed by atoms with van der Waals surface area (Å²) in [7, 11) is 1.23. The molecule has 1 N–H and O–H groups in total. The molecule has 1 amide bonds. The van der Waals surface area contributed by atoms with Gasteiger partial charge in [0.25, 0.3) is 5.91 Å². The molecule has 1 saturated carbocycles. The van der Waals surface area contributed by atoms with Crippen LogP contribution in [0.2, 0.25) is 0 Å². The predicted octanol–water partition coefficient (Wildman–Crippen LogP) is 1.86. The highest BCUT2D eigenvalue weighted by Gasteiger charge is 2.34. The smallest absolute Gasteiger partial charge is 0.328 e. The third-order valence-electron chi connectivity index (χ3n) is 3.82. The fourth-order valence-electron chi connectivity index (χ4n) is 2.69. The molecular weight excluding hydrogens is 289 g/mol. The summed E-state index contributed by atoms with van der Waals surface area (Å²) in [6.45, 7) is 0. The number of esters is 1. The lowest BCUT2D eigenvalue weighted by Crippen LogP contribution is -2.48. The first-order valence-electron chi connectivity index (χ1n) is 7.17. The molecule has 0 saturated heterocycles. The van der Waals surface area contributed by atoms with Gasteiger partial charge in [0.2, 0.25) is 0 Å². The summed E-state index contributed by atoms with van der Waals surface area (Å²) in [5, 5.41) is 2.57. The molecule has 1 fully saturated rings. The highest BCUT2D eigenvalue weighted by Crippen LogP contribution is 2.25. The molecule has 6 heteroatoms. The molecule has 1 aromatic rings. The molecule has 1 aliphatic rings. The molecule has 0 aromatic heterocycles. The van der Waals surface area contributed by atoms with E-state index in [-0.39, 0.29) is 23.7 Å². The number of methoxy groups -OCH3 is 1. The number of ketones is 1. The molecule has 2 atom stereocenters. The summed E-state index contributed by atoms with van der Waals surface area (Å²) in [6, 6.07) is 4.30. The van der Waals surface area contributed by atoms with Gasteiger partial charge in [-0.25, -0.2) is 9.18 Å². The number of halogens is 1. The number of benzene rings is 1. The Morgan fingerprint density at radius 1 is 1.41 bits per heavy atom. The van der Waals surface area contributed by atoms with Crippen molar-refractivity contribution in [2.24, 2.45) is 5.92 Å². The van der Waals surface area contributed by atoms with Crippen LogP contribution in [0, 0.1) is 11.7 Å². The summed E-state index contributed by atoms with van der Waals surface area (Å²) >= 11 is 0. The molecule has 22 heavy (non-hydrogen) atoms. The van der Waals surface area contributed by atoms with E-state index in [1.54, 1.807) is 0 Å². The van der Waals surface area contributed by atoms with E-state index in [1.165, 1.54) is 25.3 Å². The molecule has 0 heterocycles. The van der Waals surface area contributed by atoms with Gasteiger partial charge in [-0.2, -0.15) is 0 Å². The van der Waals surface area contributed by atoms with Crippen molar-refractivity contribution in [3.8, 4) is 0 Å². The van der Waals surface area contributed by atoms with Crippen LogP contribution >= 0.6 is 0 Å². The van der Waals surface area contributed by atoms with Crippen LogP contribution in [0.4, 0.5) is 4.39 Å². The fraction of sp³-hybridized carbons (Fsp3) is 0.438. The van der Waals surface area contributed by atoms with Crippen molar-refractivity contribution in [1.29, 1.82) is 0 Å². The van der Waals surface area contributed by atoms with Gasteiger partial charge in [-0.3, -0.25) is 9.59 Å². The number of amides is 1. The second kappa shape index (κ2) is 7.15. The van der Waals surface area contributed by atoms with E-state index < -0.39 is 23.7 Å². The highest BCUT2D eigenvalue weighted by atomic mass is 19.1. The number of hydrogen-bond donors (Lipinski definition) is 1. The molecule has 2 rings (SSSR count). The molecule has 0 radical (unpaired) electrons. The third-order valence-corrected chi connectivity index (χ3v) is 3.82. The number of rotatable bonds is 4. The average molecular weight is 307 g/mol. The zero-order valence-corrected chi connectivity index (χ0v) is 12.3. The molecule has 1 aromatic carbocycles. The standard InChI is InChI=1S/C16H18FNO4/c1-22-16(21)14(10-4-3-7-13(19)9-10)18-15(20)11-5-2-6-12(17)8-11/h2,5-6,8,10,14H,3-4,7,9H2,1H3,(H,18,20)/t10-,14+/m1/s1. The third kappa shape index (κ3) is 3.90. The van der Waals surface area contributed by atoms with Crippen LogP contribution in [0.1, 0.15) is 36.0 Å². The maximum absolute atomic E-state index is 13.2. The number of hydrogen-bond acceptors (Lipinski definition) is 4. The van der Waals surface area contributed by atoms with Crippen molar-refractivity contribution in [3.05, 3.63) is 35.6 Å². The van der Waals surface area contributed by atoms with Crippen LogP contribution in [-0.2, 0) is 14.3 Å². The lowest BCUT2D eigenvalue weighted by molar-refractivity contribution is -0.145. The normalized spacial score (nSPS) is 19.4. The first kappa shape index (κ1) is 16.1. The Kier molecular flexibility index (Phi) is 5.25. The van der Waals surface area contributed by atoms with Gasteiger partial charge in [-0.1, -0.05) is 6.07 Å². The number of Topliss-reactive ketones (excluding diaryl/α,β-unsaturated/α-hetero) is 1. The van der Waals surface area contributed by atoms with E-state index in [9.17, 15) is 18.8 Å². The van der Waals surface area contributed by atoms with E-state index in [4.69, 9.17) is 4.74 Å². The van der Waals surface area contributed by atoms with E-state index in [0.29, 0.717) is 19.3 Å². The minimum absolute atomic E-state index is 0.0742. The largest absolute Gasteiger partial charge is 0.467 e. The van der Waals surface area contributed by atoms with Gasteiger partial charge >= 0.3 is 5.97 Å². The quantitative estimate of drug-likeness (QED) is 0.862. The molecule has 0 bridgehead atoms. The zero-order chi connectivity index (χ0) is 16.1. The Balaban J connectivity index is 2.14. The van der Waals surface area contributed by atoms with Crippen LogP contribution in [0.25, 0.3) is 0 Å². The molecular formula is C16H18FNO4. The van der Waals surface area contributed by atoms with Crippen LogP contribution < -0.4 is 5.32 Å². The molecule has 1 aliphatic carbocycles. The molecule has 0 aliphatic heterocycles. The Bertz CT molecular complexity index is 587. The maximum Gasteiger partial charge on any atom is 0.328 e. The Morgan fingerprint density at radius 3 is 2.82 bits per heavy atom. The summed E-state index contributed by atoms with van der Waals surface area (Å²) in [6.07, 6.45) is 2.09. The SMILES string of the molecule is COC(=O)[C@@H](NC(=O)c1cccc(F)c1)[C@@H]1CCCC(=O)C1. The Hall–Kier alpha value is -2.24. The van der Waals surface area contributed by atoms with E-state index in [0.717, 1.165) is 6.07 Å². The summed E-state index contributed by atoms with van der Waals surface area (Å²) < 4.78 is 17.9. The lowest BCUT2D eigenvalue weighted by Gasteiger charge is -2.28. The van der Waals surface area contributed by atoms with E-state index in [1.807, 2.05) is 0 Å². The van der Waals surface area contributed by atoms with Crippen LogP contribution in [0.5, 0.6) is 0 Å². The van der Waals surface area contributed by atoms with Crippen LogP contribution in [0.3, 0.4) is 0 Å². The zero-order valence-electron chi connectivity index (χ0n) is 12.3. The molecule has 118 valence electrons. The Labute approximate surface area is 127 Å². The number of carbonyl (C=O) groups excluding carboxylic acids is 3. The van der Waals surface area contributed by atoms with Gasteiger partial charge in [-0.15, -0.1) is 0 Å².